The Morgan fingerprint density at radius 1 is 1.29 bits per heavy atom. The predicted octanol–water partition coefficient (Wildman–Crippen LogP) is 4.06. The highest BCUT2D eigenvalue weighted by molar-refractivity contribution is 5.94. The number of aryl methyl sites for hydroxylation is 1. The second kappa shape index (κ2) is 6.30. The summed E-state index contributed by atoms with van der Waals surface area (Å²) < 4.78 is 43.6. The molecular weight excluding hydrogens is 321 g/mol. The van der Waals surface area contributed by atoms with Gasteiger partial charge in [0, 0.05) is 12.0 Å². The van der Waals surface area contributed by atoms with Crippen molar-refractivity contribution in [3.05, 3.63) is 52.4 Å². The Morgan fingerprint density at radius 2 is 2.04 bits per heavy atom. The Kier molecular flexibility index (Phi) is 4.34. The molecule has 1 aromatic heterocycles. The first kappa shape index (κ1) is 16.5. The summed E-state index contributed by atoms with van der Waals surface area (Å²) in [5.74, 6) is 0.310. The summed E-state index contributed by atoms with van der Waals surface area (Å²) in [6.07, 6.45) is -0.940. The van der Waals surface area contributed by atoms with Crippen LogP contribution in [0.5, 0.6) is 0 Å². The number of benzene rings is 1. The number of nitrogens with zero attached hydrogens (tertiary/aromatic N) is 1. The van der Waals surface area contributed by atoms with Crippen LogP contribution in [-0.2, 0) is 19.0 Å². The molecule has 1 aliphatic carbocycles. The fourth-order valence-corrected chi connectivity index (χ4v) is 2.90. The second-order valence-corrected chi connectivity index (χ2v) is 5.96. The third kappa shape index (κ3) is 3.29. The van der Waals surface area contributed by atoms with Crippen molar-refractivity contribution in [2.24, 2.45) is 0 Å². The molecule has 1 amide bonds. The molecule has 3 rings (SSSR count). The first-order valence-electron chi connectivity index (χ1n) is 7.81. The van der Waals surface area contributed by atoms with Gasteiger partial charge in [0.1, 0.15) is 5.76 Å². The molecule has 0 radical (unpaired) electrons. The largest absolute Gasteiger partial charge is 0.416 e. The molecule has 1 heterocycles. The van der Waals surface area contributed by atoms with E-state index in [4.69, 9.17) is 4.52 Å². The Labute approximate surface area is 137 Å². The van der Waals surface area contributed by atoms with Crippen LogP contribution in [0.15, 0.2) is 28.8 Å². The molecule has 2 aromatic rings. The summed E-state index contributed by atoms with van der Waals surface area (Å²) in [5.41, 5.74) is 0.703. The topological polar surface area (TPSA) is 55.1 Å². The Balaban J connectivity index is 1.76. The quantitative estimate of drug-likeness (QED) is 0.918. The molecule has 1 aromatic carbocycles. The van der Waals surface area contributed by atoms with Gasteiger partial charge in [-0.15, -0.1) is 0 Å². The van der Waals surface area contributed by atoms with Crippen LogP contribution in [0.3, 0.4) is 0 Å². The zero-order chi connectivity index (χ0) is 17.3. The lowest BCUT2D eigenvalue weighted by atomic mass is 9.96. The van der Waals surface area contributed by atoms with Gasteiger partial charge in [-0.2, -0.15) is 13.2 Å². The number of halogens is 3. The highest BCUT2D eigenvalue weighted by atomic mass is 19.4. The van der Waals surface area contributed by atoms with Crippen LogP contribution in [0, 0.1) is 0 Å². The predicted molar refractivity (Wildman–Crippen MR) is 80.5 cm³/mol. The maximum Gasteiger partial charge on any atom is 0.416 e. The molecule has 0 bridgehead atoms. The minimum atomic E-state index is -4.41. The minimum Gasteiger partial charge on any atom is -0.360 e. The highest BCUT2D eigenvalue weighted by Gasteiger charge is 2.31. The van der Waals surface area contributed by atoms with E-state index in [1.807, 2.05) is 0 Å². The van der Waals surface area contributed by atoms with Gasteiger partial charge in [0.25, 0.3) is 5.91 Å². The summed E-state index contributed by atoms with van der Waals surface area (Å²) in [6.45, 7) is 1.64. The molecule has 4 nitrogen and oxygen atoms in total. The van der Waals surface area contributed by atoms with E-state index in [2.05, 4.69) is 10.5 Å². The monoisotopic (exact) mass is 338 g/mol. The number of carbonyl (C=O) groups is 1. The zero-order valence-electron chi connectivity index (χ0n) is 13.1. The lowest BCUT2D eigenvalue weighted by molar-refractivity contribution is -0.137. The molecule has 0 unspecified atom stereocenters. The van der Waals surface area contributed by atoms with Crippen molar-refractivity contribution < 1.29 is 22.5 Å². The van der Waals surface area contributed by atoms with E-state index in [0.717, 1.165) is 49.1 Å². The fourth-order valence-electron chi connectivity index (χ4n) is 2.90. The van der Waals surface area contributed by atoms with Crippen molar-refractivity contribution in [2.45, 2.75) is 44.8 Å². The molecule has 1 aliphatic rings. The number of hydrogen-bond acceptors (Lipinski definition) is 3. The smallest absolute Gasteiger partial charge is 0.360 e. The average molecular weight is 338 g/mol. The lowest BCUT2D eigenvalue weighted by Gasteiger charge is -2.16. The summed E-state index contributed by atoms with van der Waals surface area (Å²) in [6, 6.07) is 4.36. The van der Waals surface area contributed by atoms with Crippen molar-refractivity contribution >= 4 is 5.91 Å². The maximum absolute atomic E-state index is 12.8. The molecule has 0 saturated heterocycles. The highest BCUT2D eigenvalue weighted by Crippen LogP contribution is 2.31. The average Bonchev–Trinajstić information content (AvgIpc) is 2.98. The molecule has 0 fully saturated rings. The van der Waals surface area contributed by atoms with Gasteiger partial charge in [0.2, 0.25) is 0 Å². The van der Waals surface area contributed by atoms with Crippen molar-refractivity contribution in [3.8, 4) is 0 Å². The molecule has 0 spiro atoms. The lowest BCUT2D eigenvalue weighted by Crippen LogP contribution is -2.28. The van der Waals surface area contributed by atoms with Gasteiger partial charge in [-0.3, -0.25) is 4.79 Å². The van der Waals surface area contributed by atoms with E-state index in [0.29, 0.717) is 5.56 Å². The van der Waals surface area contributed by atoms with Crippen molar-refractivity contribution in [2.75, 3.05) is 0 Å². The van der Waals surface area contributed by atoms with Gasteiger partial charge in [-0.25, -0.2) is 0 Å². The SMILES string of the molecule is C[C@H](NC(=O)c1noc2c1CCCC2)c1cccc(C(F)(F)F)c1. The standard InChI is InChI=1S/C17H17F3N2O2/c1-10(11-5-4-6-12(9-11)17(18,19)20)21-16(23)15-13-7-2-3-8-14(13)24-22-15/h4-6,9-10H,2-3,7-8H2,1H3,(H,21,23)/t10-/m0/s1. The van der Waals surface area contributed by atoms with Crippen molar-refractivity contribution in [3.63, 3.8) is 0 Å². The molecule has 128 valence electrons. The Hall–Kier alpha value is -2.31. The van der Waals surface area contributed by atoms with Gasteiger partial charge in [-0.1, -0.05) is 17.3 Å². The van der Waals surface area contributed by atoms with E-state index < -0.39 is 23.7 Å². The number of fused-ring (bicyclic) bond motifs is 1. The summed E-state index contributed by atoms with van der Waals surface area (Å²) in [7, 11) is 0. The first-order valence-corrected chi connectivity index (χ1v) is 7.81. The van der Waals surface area contributed by atoms with Crippen LogP contribution in [0.25, 0.3) is 0 Å². The maximum atomic E-state index is 12.8. The zero-order valence-corrected chi connectivity index (χ0v) is 13.1. The van der Waals surface area contributed by atoms with Gasteiger partial charge in [-0.05, 0) is 43.9 Å². The number of amides is 1. The van der Waals surface area contributed by atoms with Gasteiger partial charge in [0.05, 0.1) is 11.6 Å². The third-order valence-electron chi connectivity index (χ3n) is 4.23. The van der Waals surface area contributed by atoms with E-state index in [1.165, 1.54) is 6.07 Å². The summed E-state index contributed by atoms with van der Waals surface area (Å²) >= 11 is 0. The number of aromatic nitrogens is 1. The van der Waals surface area contributed by atoms with E-state index >= 15 is 0 Å². The van der Waals surface area contributed by atoms with Crippen LogP contribution in [0.1, 0.15) is 58.7 Å². The van der Waals surface area contributed by atoms with Crippen molar-refractivity contribution in [1.29, 1.82) is 0 Å². The Bertz CT molecular complexity index is 753. The third-order valence-corrected chi connectivity index (χ3v) is 4.23. The Morgan fingerprint density at radius 3 is 2.79 bits per heavy atom. The molecule has 0 saturated carbocycles. The van der Waals surface area contributed by atoms with Crippen LogP contribution < -0.4 is 5.32 Å². The number of alkyl halides is 3. The molecule has 1 atom stereocenters. The van der Waals surface area contributed by atoms with E-state index in [9.17, 15) is 18.0 Å². The molecule has 1 N–H and O–H groups in total. The van der Waals surface area contributed by atoms with Crippen molar-refractivity contribution in [1.82, 2.24) is 10.5 Å². The van der Waals surface area contributed by atoms with Crippen LogP contribution >= 0.6 is 0 Å². The molecular formula is C17H17F3N2O2. The fraction of sp³-hybridized carbons (Fsp3) is 0.412. The van der Waals surface area contributed by atoms with Crippen LogP contribution in [-0.4, -0.2) is 11.1 Å². The number of carbonyl (C=O) groups excluding carboxylic acids is 1. The second-order valence-electron chi connectivity index (χ2n) is 5.96. The first-order chi connectivity index (χ1) is 11.4. The van der Waals surface area contributed by atoms with Crippen LogP contribution in [0.4, 0.5) is 13.2 Å². The van der Waals surface area contributed by atoms with Gasteiger partial charge in [0.15, 0.2) is 5.69 Å². The number of hydrogen-bond donors (Lipinski definition) is 1. The molecule has 0 aliphatic heterocycles. The van der Waals surface area contributed by atoms with Gasteiger partial charge < -0.3 is 9.84 Å². The number of rotatable bonds is 3. The minimum absolute atomic E-state index is 0.239. The van der Waals surface area contributed by atoms with Gasteiger partial charge >= 0.3 is 6.18 Å². The normalized spacial score (nSPS) is 15.7. The summed E-state index contributed by atoms with van der Waals surface area (Å²) in [4.78, 5) is 12.4. The summed E-state index contributed by atoms with van der Waals surface area (Å²) in [5, 5.41) is 6.53. The molecule has 24 heavy (non-hydrogen) atoms. The number of nitrogens with one attached hydrogen (secondary N) is 1. The molecule has 7 heteroatoms. The van der Waals surface area contributed by atoms with E-state index in [1.54, 1.807) is 13.0 Å². The van der Waals surface area contributed by atoms with E-state index in [-0.39, 0.29) is 5.69 Å². The van der Waals surface area contributed by atoms with Crippen LogP contribution in [0.2, 0.25) is 0 Å².